The second-order valence-electron chi connectivity index (χ2n) is 6.68. The number of hydrogen-bond acceptors (Lipinski definition) is 4. The minimum absolute atomic E-state index is 0.226. The highest BCUT2D eigenvalue weighted by Crippen LogP contribution is 2.16. The average molecular weight is 407 g/mol. The molecule has 0 aliphatic rings. The summed E-state index contributed by atoms with van der Waals surface area (Å²) < 4.78 is 12.0. The summed E-state index contributed by atoms with van der Waals surface area (Å²) in [5, 5.41) is 2.89. The maximum absolute atomic E-state index is 12.1. The molecule has 0 radical (unpaired) electrons. The Morgan fingerprint density at radius 2 is 1.96 bits per heavy atom. The smallest absolute Gasteiger partial charge is 0.408 e. The SMILES string of the molecule is CC(C)(C)OC(=O)N[C@H](COc1cncc(Br)c1)Cc1ccccc1. The van der Waals surface area contributed by atoms with Crippen LogP contribution in [0.5, 0.6) is 5.75 Å². The minimum atomic E-state index is -0.545. The lowest BCUT2D eigenvalue weighted by molar-refractivity contribution is 0.0487. The molecular formula is C19H23BrN2O3. The van der Waals surface area contributed by atoms with Crippen molar-refractivity contribution in [1.82, 2.24) is 10.3 Å². The van der Waals surface area contributed by atoms with Gasteiger partial charge in [0.1, 0.15) is 18.0 Å². The van der Waals surface area contributed by atoms with Crippen molar-refractivity contribution in [3.63, 3.8) is 0 Å². The summed E-state index contributed by atoms with van der Waals surface area (Å²) in [6.07, 6.45) is 3.51. The van der Waals surface area contributed by atoms with Gasteiger partial charge in [0.2, 0.25) is 0 Å². The van der Waals surface area contributed by atoms with Crippen LogP contribution in [0, 0.1) is 0 Å². The first-order chi connectivity index (χ1) is 11.8. The molecule has 0 bridgehead atoms. The Morgan fingerprint density at radius 3 is 2.60 bits per heavy atom. The number of ether oxygens (including phenoxy) is 2. The molecule has 0 spiro atoms. The van der Waals surface area contributed by atoms with E-state index < -0.39 is 11.7 Å². The average Bonchev–Trinajstić information content (AvgIpc) is 2.52. The van der Waals surface area contributed by atoms with Crippen LogP contribution in [0.1, 0.15) is 26.3 Å². The van der Waals surface area contributed by atoms with Gasteiger partial charge in [0, 0.05) is 10.7 Å². The first-order valence-corrected chi connectivity index (χ1v) is 8.88. The van der Waals surface area contributed by atoms with E-state index in [9.17, 15) is 4.79 Å². The third kappa shape index (κ3) is 7.56. The number of hydrogen-bond donors (Lipinski definition) is 1. The Morgan fingerprint density at radius 1 is 1.24 bits per heavy atom. The molecule has 6 heteroatoms. The highest BCUT2D eigenvalue weighted by molar-refractivity contribution is 9.10. The number of nitrogens with one attached hydrogen (secondary N) is 1. The first-order valence-electron chi connectivity index (χ1n) is 8.08. The van der Waals surface area contributed by atoms with E-state index in [0.29, 0.717) is 18.8 Å². The Kier molecular flexibility index (Phi) is 6.82. The molecule has 25 heavy (non-hydrogen) atoms. The quantitative estimate of drug-likeness (QED) is 0.773. The Hall–Kier alpha value is -2.08. The zero-order valence-electron chi connectivity index (χ0n) is 14.7. The summed E-state index contributed by atoms with van der Waals surface area (Å²) in [4.78, 5) is 16.2. The third-order valence-electron chi connectivity index (χ3n) is 3.18. The zero-order chi connectivity index (χ0) is 18.3. The van der Waals surface area contributed by atoms with Gasteiger partial charge < -0.3 is 14.8 Å². The molecule has 5 nitrogen and oxygen atoms in total. The number of pyridine rings is 1. The number of carbonyl (C=O) groups is 1. The number of amides is 1. The zero-order valence-corrected chi connectivity index (χ0v) is 16.2. The first kappa shape index (κ1) is 19.2. The molecule has 134 valence electrons. The van der Waals surface area contributed by atoms with E-state index in [0.717, 1.165) is 10.0 Å². The van der Waals surface area contributed by atoms with Crippen molar-refractivity contribution in [3.8, 4) is 5.75 Å². The highest BCUT2D eigenvalue weighted by Gasteiger charge is 2.20. The second kappa shape index (κ2) is 8.85. The fourth-order valence-electron chi connectivity index (χ4n) is 2.19. The molecule has 1 amide bonds. The van der Waals surface area contributed by atoms with E-state index in [1.54, 1.807) is 12.4 Å². The molecule has 2 rings (SSSR count). The lowest BCUT2D eigenvalue weighted by atomic mass is 10.1. The van der Waals surface area contributed by atoms with Crippen molar-refractivity contribution in [2.24, 2.45) is 0 Å². The van der Waals surface area contributed by atoms with Gasteiger partial charge in [0.05, 0.1) is 12.2 Å². The van der Waals surface area contributed by atoms with E-state index in [2.05, 4.69) is 26.2 Å². The van der Waals surface area contributed by atoms with E-state index in [4.69, 9.17) is 9.47 Å². The molecule has 0 fully saturated rings. The van der Waals surface area contributed by atoms with Crippen LogP contribution < -0.4 is 10.1 Å². The summed E-state index contributed by atoms with van der Waals surface area (Å²) in [5.41, 5.74) is 0.565. The van der Waals surface area contributed by atoms with Crippen molar-refractivity contribution in [3.05, 3.63) is 58.8 Å². The lowest BCUT2D eigenvalue weighted by Crippen LogP contribution is -2.43. The largest absolute Gasteiger partial charge is 0.490 e. The predicted molar refractivity (Wildman–Crippen MR) is 101 cm³/mol. The maximum Gasteiger partial charge on any atom is 0.408 e. The molecule has 1 N–H and O–H groups in total. The van der Waals surface area contributed by atoms with Crippen molar-refractivity contribution >= 4 is 22.0 Å². The molecule has 1 atom stereocenters. The molecule has 0 aliphatic heterocycles. The summed E-state index contributed by atoms with van der Waals surface area (Å²) in [7, 11) is 0. The van der Waals surface area contributed by atoms with Gasteiger partial charge in [0.25, 0.3) is 0 Å². The summed E-state index contributed by atoms with van der Waals surface area (Å²) >= 11 is 3.36. The van der Waals surface area contributed by atoms with Gasteiger partial charge in [-0.1, -0.05) is 30.3 Å². The fourth-order valence-corrected chi connectivity index (χ4v) is 2.54. The summed E-state index contributed by atoms with van der Waals surface area (Å²) in [6.45, 7) is 5.82. The van der Waals surface area contributed by atoms with Gasteiger partial charge in [-0.25, -0.2) is 4.79 Å². The monoisotopic (exact) mass is 406 g/mol. The number of nitrogens with zero attached hydrogens (tertiary/aromatic N) is 1. The summed E-state index contributed by atoms with van der Waals surface area (Å²) in [5.74, 6) is 0.637. The number of alkyl carbamates (subject to hydrolysis) is 1. The standard InChI is InChI=1S/C19H23BrN2O3/c1-19(2,3)25-18(23)22-16(9-14-7-5-4-6-8-14)13-24-17-10-15(20)11-21-12-17/h4-8,10-12,16H,9,13H2,1-3H3,(H,22,23)/t16-/m0/s1. The Bertz CT molecular complexity index is 687. The van der Waals surface area contributed by atoms with Crippen LogP contribution >= 0.6 is 15.9 Å². The van der Waals surface area contributed by atoms with Crippen LogP contribution in [-0.2, 0) is 11.2 Å². The van der Waals surface area contributed by atoms with Gasteiger partial charge in [-0.2, -0.15) is 0 Å². The maximum atomic E-state index is 12.1. The topological polar surface area (TPSA) is 60.5 Å². The number of benzene rings is 1. The van der Waals surface area contributed by atoms with E-state index >= 15 is 0 Å². The summed E-state index contributed by atoms with van der Waals surface area (Å²) in [6, 6.07) is 11.5. The molecule has 1 aromatic heterocycles. The van der Waals surface area contributed by atoms with Crippen LogP contribution in [-0.4, -0.2) is 29.3 Å². The van der Waals surface area contributed by atoms with Gasteiger partial charge in [-0.15, -0.1) is 0 Å². The van der Waals surface area contributed by atoms with Gasteiger partial charge >= 0.3 is 6.09 Å². The Labute approximate surface area is 156 Å². The van der Waals surface area contributed by atoms with Crippen LogP contribution in [0.3, 0.4) is 0 Å². The van der Waals surface area contributed by atoms with E-state index in [-0.39, 0.29) is 6.04 Å². The predicted octanol–water partition coefficient (Wildman–Crippen LogP) is 4.36. The molecule has 1 aromatic carbocycles. The fraction of sp³-hybridized carbons (Fsp3) is 0.368. The number of halogens is 1. The van der Waals surface area contributed by atoms with Crippen LogP contribution in [0.4, 0.5) is 4.79 Å². The van der Waals surface area contributed by atoms with E-state index in [1.165, 1.54) is 0 Å². The Balaban J connectivity index is 2.01. The third-order valence-corrected chi connectivity index (χ3v) is 3.61. The number of rotatable bonds is 6. The molecule has 2 aromatic rings. The molecule has 0 aliphatic carbocycles. The van der Waals surface area contributed by atoms with Crippen LogP contribution in [0.25, 0.3) is 0 Å². The van der Waals surface area contributed by atoms with Crippen molar-refractivity contribution in [2.75, 3.05) is 6.61 Å². The molecule has 0 saturated carbocycles. The van der Waals surface area contributed by atoms with Crippen LogP contribution in [0.2, 0.25) is 0 Å². The van der Waals surface area contributed by atoms with Gasteiger partial charge in [-0.05, 0) is 54.8 Å². The number of carbonyl (C=O) groups excluding carboxylic acids is 1. The van der Waals surface area contributed by atoms with Gasteiger partial charge in [-0.3, -0.25) is 4.98 Å². The van der Waals surface area contributed by atoms with Crippen molar-refractivity contribution in [2.45, 2.75) is 38.8 Å². The normalized spacial score (nSPS) is 12.3. The molecule has 0 saturated heterocycles. The van der Waals surface area contributed by atoms with Crippen LogP contribution in [0.15, 0.2) is 53.3 Å². The van der Waals surface area contributed by atoms with Crippen molar-refractivity contribution in [1.29, 1.82) is 0 Å². The second-order valence-corrected chi connectivity index (χ2v) is 7.60. The molecular weight excluding hydrogens is 384 g/mol. The molecule has 0 unspecified atom stereocenters. The van der Waals surface area contributed by atoms with Crippen molar-refractivity contribution < 1.29 is 14.3 Å². The lowest BCUT2D eigenvalue weighted by Gasteiger charge is -2.24. The highest BCUT2D eigenvalue weighted by atomic mass is 79.9. The number of aromatic nitrogens is 1. The van der Waals surface area contributed by atoms with Gasteiger partial charge in [0.15, 0.2) is 0 Å². The molecule has 1 heterocycles. The minimum Gasteiger partial charge on any atom is -0.490 e. The van der Waals surface area contributed by atoms with E-state index in [1.807, 2.05) is 57.2 Å².